The quantitative estimate of drug-likeness (QED) is 0.442. The van der Waals surface area contributed by atoms with Crippen molar-refractivity contribution in [2.24, 2.45) is 5.73 Å². The summed E-state index contributed by atoms with van der Waals surface area (Å²) in [5.74, 6) is -0.0879. The van der Waals surface area contributed by atoms with Crippen molar-refractivity contribution in [2.75, 3.05) is 13.1 Å². The Balaban J connectivity index is 2.20. The molecule has 12 heavy (non-hydrogen) atoms. The van der Waals surface area contributed by atoms with Gasteiger partial charge in [0.1, 0.15) is 6.04 Å². The highest BCUT2D eigenvalue weighted by Gasteiger charge is 2.40. The van der Waals surface area contributed by atoms with E-state index in [-0.39, 0.29) is 30.4 Å². The molecule has 0 radical (unpaired) electrons. The Bertz CT molecular complexity index is 217. The number of hydrogen-bond donors (Lipinski definition) is 2. The van der Waals surface area contributed by atoms with E-state index in [1.165, 1.54) is 0 Å². The highest BCUT2D eigenvalue weighted by molar-refractivity contribution is 5.95. The van der Waals surface area contributed by atoms with E-state index in [2.05, 4.69) is 5.32 Å². The van der Waals surface area contributed by atoms with Crippen LogP contribution in [0.1, 0.15) is 6.42 Å². The molecule has 5 nitrogen and oxygen atoms in total. The lowest BCUT2D eigenvalue weighted by Crippen LogP contribution is -2.55. The van der Waals surface area contributed by atoms with Crippen LogP contribution < -0.4 is 11.1 Å². The van der Waals surface area contributed by atoms with Gasteiger partial charge in [-0.3, -0.25) is 9.59 Å². The summed E-state index contributed by atoms with van der Waals surface area (Å²) in [5, 5.41) is 2.54. The summed E-state index contributed by atoms with van der Waals surface area (Å²) in [5.41, 5.74) is 5.64. The maximum Gasteiger partial charge on any atom is 0.243 e. The van der Waals surface area contributed by atoms with Gasteiger partial charge in [-0.15, -0.1) is 0 Å². The Hall–Kier alpha value is -1.10. The molecule has 66 valence electrons. The predicted molar refractivity (Wildman–Crippen MR) is 41.1 cm³/mol. The zero-order valence-corrected chi connectivity index (χ0v) is 6.62. The molecule has 2 fully saturated rings. The monoisotopic (exact) mass is 169 g/mol. The lowest BCUT2D eigenvalue weighted by Gasteiger charge is -2.28. The van der Waals surface area contributed by atoms with E-state index in [4.69, 9.17) is 5.73 Å². The number of nitrogens with zero attached hydrogens (tertiary/aromatic N) is 1. The number of fused-ring (bicyclic) bond motifs is 1. The van der Waals surface area contributed by atoms with Crippen LogP contribution in [0.4, 0.5) is 0 Å². The second kappa shape index (κ2) is 2.45. The fourth-order valence-corrected chi connectivity index (χ4v) is 1.77. The molecule has 2 saturated heterocycles. The van der Waals surface area contributed by atoms with Crippen LogP contribution in [0.25, 0.3) is 0 Å². The molecule has 0 aromatic carbocycles. The van der Waals surface area contributed by atoms with Crippen LogP contribution in [-0.2, 0) is 9.59 Å². The predicted octanol–water partition coefficient (Wildman–Crippen LogP) is -1.96. The molecule has 0 aromatic rings. The Labute approximate surface area is 69.9 Å². The van der Waals surface area contributed by atoms with Gasteiger partial charge in [0, 0.05) is 12.6 Å². The Morgan fingerprint density at radius 3 is 2.92 bits per heavy atom. The molecular weight excluding hydrogens is 158 g/mol. The van der Waals surface area contributed by atoms with Crippen molar-refractivity contribution >= 4 is 11.8 Å². The number of carbonyl (C=O) groups is 2. The smallest absolute Gasteiger partial charge is 0.243 e. The first-order chi connectivity index (χ1) is 5.68. The highest BCUT2D eigenvalue weighted by Crippen LogP contribution is 2.18. The third-order valence-electron chi connectivity index (χ3n) is 2.37. The molecule has 2 amide bonds. The lowest BCUT2D eigenvalue weighted by atomic mass is 10.1. The highest BCUT2D eigenvalue weighted by atomic mass is 16.2. The van der Waals surface area contributed by atoms with E-state index in [9.17, 15) is 9.59 Å². The zero-order chi connectivity index (χ0) is 8.72. The van der Waals surface area contributed by atoms with Gasteiger partial charge in [-0.2, -0.15) is 0 Å². The van der Waals surface area contributed by atoms with E-state index < -0.39 is 0 Å². The molecule has 5 heteroatoms. The van der Waals surface area contributed by atoms with Crippen LogP contribution in [0.5, 0.6) is 0 Å². The maximum absolute atomic E-state index is 11.2. The summed E-state index contributed by atoms with van der Waals surface area (Å²) in [7, 11) is 0. The summed E-state index contributed by atoms with van der Waals surface area (Å²) in [6, 6.07) is -0.343. The summed E-state index contributed by atoms with van der Waals surface area (Å²) in [6.45, 7) is 0.652. The number of piperazine rings is 1. The minimum absolute atomic E-state index is 0.0208. The van der Waals surface area contributed by atoms with E-state index in [1.807, 2.05) is 0 Å². The molecular formula is C7H11N3O2. The molecule has 3 N–H and O–H groups in total. The first-order valence-corrected chi connectivity index (χ1v) is 4.01. The number of nitrogens with two attached hydrogens (primary N) is 1. The second-order valence-corrected chi connectivity index (χ2v) is 3.28. The first-order valence-electron chi connectivity index (χ1n) is 4.01. The Kier molecular flexibility index (Phi) is 1.54. The average molecular weight is 169 g/mol. The first kappa shape index (κ1) is 7.54. The third-order valence-corrected chi connectivity index (χ3v) is 2.37. The van der Waals surface area contributed by atoms with E-state index in [1.54, 1.807) is 4.90 Å². The molecule has 2 atom stereocenters. The van der Waals surface area contributed by atoms with Crippen molar-refractivity contribution in [1.82, 2.24) is 10.2 Å². The fraction of sp³-hybridized carbons (Fsp3) is 0.714. The van der Waals surface area contributed by atoms with Crippen LogP contribution in [0.2, 0.25) is 0 Å². The van der Waals surface area contributed by atoms with Gasteiger partial charge < -0.3 is 16.0 Å². The summed E-state index contributed by atoms with van der Waals surface area (Å²) in [4.78, 5) is 24.0. The molecule has 2 aliphatic heterocycles. The Morgan fingerprint density at radius 1 is 1.50 bits per heavy atom. The van der Waals surface area contributed by atoms with Gasteiger partial charge in [0.05, 0.1) is 6.54 Å². The van der Waals surface area contributed by atoms with E-state index >= 15 is 0 Å². The maximum atomic E-state index is 11.2. The summed E-state index contributed by atoms with van der Waals surface area (Å²) < 4.78 is 0. The minimum atomic E-state index is -0.304. The number of hydrogen-bond acceptors (Lipinski definition) is 3. The summed E-state index contributed by atoms with van der Waals surface area (Å²) in [6.07, 6.45) is 0.595. The number of carbonyl (C=O) groups excluding carboxylic acids is 2. The van der Waals surface area contributed by atoms with Crippen LogP contribution in [0.3, 0.4) is 0 Å². The van der Waals surface area contributed by atoms with Crippen molar-refractivity contribution < 1.29 is 9.59 Å². The van der Waals surface area contributed by atoms with Crippen LogP contribution in [-0.4, -0.2) is 41.9 Å². The number of nitrogens with one attached hydrogen (secondary N) is 1. The molecule has 2 aliphatic rings. The van der Waals surface area contributed by atoms with Gasteiger partial charge in [-0.25, -0.2) is 0 Å². The molecule has 0 aliphatic carbocycles. The standard InChI is InChI=1S/C7H11N3O2/c8-4-1-5-7(12)9-2-6(11)10(5)3-4/h4-5H,1-3,8H2,(H,9,12). The molecule has 2 unspecified atom stereocenters. The van der Waals surface area contributed by atoms with Crippen molar-refractivity contribution in [3.8, 4) is 0 Å². The Morgan fingerprint density at radius 2 is 2.25 bits per heavy atom. The van der Waals surface area contributed by atoms with Gasteiger partial charge in [0.15, 0.2) is 0 Å². The van der Waals surface area contributed by atoms with Crippen LogP contribution >= 0.6 is 0 Å². The SMILES string of the molecule is NC1CC2C(=O)NCC(=O)N2C1. The van der Waals surface area contributed by atoms with E-state index in [0.717, 1.165) is 0 Å². The largest absolute Gasteiger partial charge is 0.345 e. The lowest BCUT2D eigenvalue weighted by molar-refractivity contribution is -0.143. The minimum Gasteiger partial charge on any atom is -0.345 e. The average Bonchev–Trinajstić information content (AvgIpc) is 2.41. The molecule has 0 bridgehead atoms. The van der Waals surface area contributed by atoms with Gasteiger partial charge in [0.2, 0.25) is 11.8 Å². The summed E-state index contributed by atoms with van der Waals surface area (Å²) >= 11 is 0. The molecule has 2 rings (SSSR count). The van der Waals surface area contributed by atoms with Gasteiger partial charge in [-0.1, -0.05) is 0 Å². The zero-order valence-electron chi connectivity index (χ0n) is 6.62. The van der Waals surface area contributed by atoms with Gasteiger partial charge >= 0.3 is 0 Å². The second-order valence-electron chi connectivity index (χ2n) is 3.28. The van der Waals surface area contributed by atoms with Gasteiger partial charge in [-0.05, 0) is 6.42 Å². The number of rotatable bonds is 0. The van der Waals surface area contributed by atoms with Crippen molar-refractivity contribution in [1.29, 1.82) is 0 Å². The normalized spacial score (nSPS) is 34.9. The van der Waals surface area contributed by atoms with Crippen molar-refractivity contribution in [2.45, 2.75) is 18.5 Å². The molecule has 2 heterocycles. The van der Waals surface area contributed by atoms with Crippen LogP contribution in [0, 0.1) is 0 Å². The number of amides is 2. The van der Waals surface area contributed by atoms with Crippen LogP contribution in [0.15, 0.2) is 0 Å². The third kappa shape index (κ3) is 0.972. The molecule has 0 saturated carbocycles. The fourth-order valence-electron chi connectivity index (χ4n) is 1.77. The molecule has 0 spiro atoms. The molecule has 0 aromatic heterocycles. The van der Waals surface area contributed by atoms with E-state index in [0.29, 0.717) is 13.0 Å². The van der Waals surface area contributed by atoms with Gasteiger partial charge in [0.25, 0.3) is 0 Å². The van der Waals surface area contributed by atoms with Crippen molar-refractivity contribution in [3.05, 3.63) is 0 Å². The van der Waals surface area contributed by atoms with Crippen molar-refractivity contribution in [3.63, 3.8) is 0 Å². The topological polar surface area (TPSA) is 75.4 Å².